The Kier molecular flexibility index (Phi) is 5.13. The predicted octanol–water partition coefficient (Wildman–Crippen LogP) is 2.86. The molecule has 1 aromatic carbocycles. The Balaban J connectivity index is 1.87. The molecule has 1 aromatic heterocycles. The molecule has 0 saturated heterocycles. The number of rotatable bonds is 0. The summed E-state index contributed by atoms with van der Waals surface area (Å²) in [6.07, 6.45) is 0. The first-order chi connectivity index (χ1) is 9.93. The maximum Gasteiger partial charge on any atom is 0.129 e. The van der Waals surface area contributed by atoms with Gasteiger partial charge in [-0.15, -0.1) is 23.5 Å². The quantitative estimate of drug-likeness (QED) is 0.745. The van der Waals surface area contributed by atoms with Crippen LogP contribution < -0.4 is 0 Å². The molecule has 2 aromatic rings. The number of ether oxygens (including phenoxy) is 2. The summed E-state index contributed by atoms with van der Waals surface area (Å²) in [6, 6.07) is 7.99. The molecule has 6 heteroatoms. The smallest absolute Gasteiger partial charge is 0.129 e. The van der Waals surface area contributed by atoms with Gasteiger partial charge in [-0.2, -0.15) is 0 Å². The highest BCUT2D eigenvalue weighted by atomic mass is 32.2. The molecule has 0 aliphatic carbocycles. The molecule has 2 heterocycles. The van der Waals surface area contributed by atoms with Gasteiger partial charge in [0.2, 0.25) is 0 Å². The Morgan fingerprint density at radius 3 is 1.75 bits per heavy atom. The normalized spacial score (nSPS) is 18.0. The van der Waals surface area contributed by atoms with Gasteiger partial charge in [0.15, 0.2) is 0 Å². The number of para-hydroxylation sites is 2. The summed E-state index contributed by atoms with van der Waals surface area (Å²) >= 11 is 3.43. The van der Waals surface area contributed by atoms with Crippen LogP contribution in [-0.4, -0.2) is 47.9 Å². The van der Waals surface area contributed by atoms with E-state index in [1.165, 1.54) is 0 Å². The van der Waals surface area contributed by atoms with Crippen molar-refractivity contribution in [3.63, 3.8) is 0 Å². The average Bonchev–Trinajstić information content (AvgIpc) is 2.47. The van der Waals surface area contributed by atoms with Crippen LogP contribution in [0.3, 0.4) is 0 Å². The third-order valence-electron chi connectivity index (χ3n) is 2.81. The molecule has 0 radical (unpaired) electrons. The van der Waals surface area contributed by atoms with Gasteiger partial charge in [0.1, 0.15) is 10.1 Å². The minimum absolute atomic E-state index is 0.668. The third kappa shape index (κ3) is 3.63. The van der Waals surface area contributed by atoms with E-state index in [-0.39, 0.29) is 0 Å². The number of fused-ring (bicyclic) bond motifs is 2. The molecule has 0 amide bonds. The Morgan fingerprint density at radius 1 is 0.750 bits per heavy atom. The van der Waals surface area contributed by atoms with E-state index in [9.17, 15) is 0 Å². The zero-order valence-electron chi connectivity index (χ0n) is 11.1. The van der Waals surface area contributed by atoms with E-state index in [0.29, 0.717) is 26.4 Å². The molecular weight excluding hydrogens is 292 g/mol. The van der Waals surface area contributed by atoms with Gasteiger partial charge in [-0.1, -0.05) is 12.1 Å². The Morgan fingerprint density at radius 2 is 1.25 bits per heavy atom. The fraction of sp³-hybridized carbons (Fsp3) is 0.429. The molecule has 0 bridgehead atoms. The van der Waals surface area contributed by atoms with Crippen molar-refractivity contribution in [2.24, 2.45) is 0 Å². The lowest BCUT2D eigenvalue weighted by Gasteiger charge is -2.11. The Hall–Kier alpha value is -0.820. The van der Waals surface area contributed by atoms with Crippen LogP contribution in [0.4, 0.5) is 0 Å². The van der Waals surface area contributed by atoms with E-state index in [1.54, 1.807) is 23.5 Å². The van der Waals surface area contributed by atoms with Gasteiger partial charge in [-0.3, -0.25) is 0 Å². The number of thioether (sulfide) groups is 2. The van der Waals surface area contributed by atoms with Crippen LogP contribution >= 0.6 is 23.5 Å². The first-order valence-electron chi connectivity index (χ1n) is 6.61. The van der Waals surface area contributed by atoms with Crippen molar-refractivity contribution < 1.29 is 9.47 Å². The summed E-state index contributed by atoms with van der Waals surface area (Å²) in [7, 11) is 0. The molecule has 0 N–H and O–H groups in total. The monoisotopic (exact) mass is 308 g/mol. The van der Waals surface area contributed by atoms with Crippen molar-refractivity contribution in [2.45, 2.75) is 10.1 Å². The minimum Gasteiger partial charge on any atom is -0.378 e. The SMILES string of the molecule is c1ccc2nc3c(nc2c1)SCCOCCOCCS3. The summed E-state index contributed by atoms with van der Waals surface area (Å²) in [5.41, 5.74) is 1.90. The Bertz CT molecular complexity index is 530. The zero-order chi connectivity index (χ0) is 13.6. The van der Waals surface area contributed by atoms with E-state index in [1.807, 2.05) is 24.3 Å². The molecule has 3 rings (SSSR count). The van der Waals surface area contributed by atoms with Gasteiger partial charge in [0, 0.05) is 11.5 Å². The summed E-state index contributed by atoms with van der Waals surface area (Å²) in [5.74, 6) is 1.78. The second-order valence-corrected chi connectivity index (χ2v) is 6.41. The van der Waals surface area contributed by atoms with Crippen molar-refractivity contribution >= 4 is 34.6 Å². The van der Waals surface area contributed by atoms with Crippen molar-refractivity contribution in [3.05, 3.63) is 24.3 Å². The number of hydrogen-bond acceptors (Lipinski definition) is 6. The highest BCUT2D eigenvalue weighted by Crippen LogP contribution is 2.29. The number of benzene rings is 1. The van der Waals surface area contributed by atoms with E-state index in [0.717, 1.165) is 32.6 Å². The van der Waals surface area contributed by atoms with Gasteiger partial charge in [-0.05, 0) is 12.1 Å². The third-order valence-corrected chi connectivity index (χ3v) is 4.80. The van der Waals surface area contributed by atoms with Crippen molar-refractivity contribution in [2.75, 3.05) is 37.9 Å². The van der Waals surface area contributed by atoms with Crippen molar-refractivity contribution in [3.8, 4) is 0 Å². The molecule has 106 valence electrons. The van der Waals surface area contributed by atoms with Crippen LogP contribution in [-0.2, 0) is 9.47 Å². The molecule has 4 nitrogen and oxygen atoms in total. The highest BCUT2D eigenvalue weighted by molar-refractivity contribution is 8.02. The van der Waals surface area contributed by atoms with Crippen LogP contribution in [0, 0.1) is 0 Å². The second kappa shape index (κ2) is 7.26. The number of nitrogens with zero attached hydrogens (tertiary/aromatic N) is 2. The fourth-order valence-electron chi connectivity index (χ4n) is 1.87. The molecular formula is C14H16N2O2S2. The minimum atomic E-state index is 0.668. The average molecular weight is 308 g/mol. The van der Waals surface area contributed by atoms with Crippen LogP contribution in [0.1, 0.15) is 0 Å². The lowest BCUT2D eigenvalue weighted by Crippen LogP contribution is -2.09. The van der Waals surface area contributed by atoms with Crippen molar-refractivity contribution in [1.29, 1.82) is 0 Å². The summed E-state index contributed by atoms with van der Waals surface area (Å²) < 4.78 is 11.0. The van der Waals surface area contributed by atoms with Gasteiger partial charge in [0.05, 0.1) is 37.5 Å². The van der Waals surface area contributed by atoms with Gasteiger partial charge >= 0.3 is 0 Å². The van der Waals surface area contributed by atoms with E-state index >= 15 is 0 Å². The van der Waals surface area contributed by atoms with Gasteiger partial charge in [-0.25, -0.2) is 9.97 Å². The second-order valence-electron chi connectivity index (χ2n) is 4.24. The highest BCUT2D eigenvalue weighted by Gasteiger charge is 2.10. The molecule has 0 fully saturated rings. The molecule has 1 aliphatic heterocycles. The molecule has 0 unspecified atom stereocenters. The van der Waals surface area contributed by atoms with Crippen LogP contribution in [0.25, 0.3) is 11.0 Å². The molecule has 0 saturated carbocycles. The maximum atomic E-state index is 5.51. The number of hydrogen-bond donors (Lipinski definition) is 0. The van der Waals surface area contributed by atoms with Gasteiger partial charge in [0.25, 0.3) is 0 Å². The zero-order valence-corrected chi connectivity index (χ0v) is 12.7. The predicted molar refractivity (Wildman–Crippen MR) is 82.6 cm³/mol. The number of aromatic nitrogens is 2. The van der Waals surface area contributed by atoms with Crippen LogP contribution in [0.2, 0.25) is 0 Å². The summed E-state index contributed by atoms with van der Waals surface area (Å²) in [5, 5.41) is 2.00. The van der Waals surface area contributed by atoms with E-state index in [2.05, 4.69) is 0 Å². The maximum absolute atomic E-state index is 5.51. The largest absolute Gasteiger partial charge is 0.378 e. The standard InChI is InChI=1S/C14H16N2O2S2/c1-2-4-12-11(3-1)15-13-14(16-12)20-10-8-18-6-5-17-7-9-19-13/h1-4H,5-10H2. The molecule has 0 spiro atoms. The van der Waals surface area contributed by atoms with Gasteiger partial charge < -0.3 is 9.47 Å². The fourth-order valence-corrected chi connectivity index (χ4v) is 3.68. The summed E-state index contributed by atoms with van der Waals surface area (Å²) in [6.45, 7) is 2.77. The van der Waals surface area contributed by atoms with E-state index in [4.69, 9.17) is 19.4 Å². The van der Waals surface area contributed by atoms with E-state index < -0.39 is 0 Å². The lowest BCUT2D eigenvalue weighted by atomic mass is 10.3. The lowest BCUT2D eigenvalue weighted by molar-refractivity contribution is 0.0604. The molecule has 1 aliphatic rings. The first-order valence-corrected chi connectivity index (χ1v) is 8.58. The van der Waals surface area contributed by atoms with Crippen LogP contribution in [0.15, 0.2) is 34.3 Å². The van der Waals surface area contributed by atoms with Crippen molar-refractivity contribution in [1.82, 2.24) is 9.97 Å². The topological polar surface area (TPSA) is 44.2 Å². The Labute approximate surface area is 126 Å². The molecule has 0 atom stereocenters. The first kappa shape index (κ1) is 14.1. The van der Waals surface area contributed by atoms with Crippen LogP contribution in [0.5, 0.6) is 0 Å². The molecule has 20 heavy (non-hydrogen) atoms. The summed E-state index contributed by atoms with van der Waals surface area (Å²) in [4.78, 5) is 9.45.